The van der Waals surface area contributed by atoms with E-state index in [1.54, 1.807) is 19.1 Å². The number of carbonyl (C=O) groups is 2. The average molecular weight is 206 g/mol. The van der Waals surface area contributed by atoms with Crippen molar-refractivity contribution in [2.75, 3.05) is 0 Å². The van der Waals surface area contributed by atoms with Crippen LogP contribution in [-0.4, -0.2) is 22.2 Å². The highest BCUT2D eigenvalue weighted by Gasteiger charge is 2.09. The first-order chi connectivity index (χ1) is 7.04. The minimum Gasteiger partial charge on any atom is -0.478 e. The summed E-state index contributed by atoms with van der Waals surface area (Å²) < 4.78 is 0. The molecule has 0 bridgehead atoms. The van der Waals surface area contributed by atoms with Gasteiger partial charge in [-0.25, -0.2) is 9.59 Å². The summed E-state index contributed by atoms with van der Waals surface area (Å²) in [7, 11) is 0. The van der Waals surface area contributed by atoms with Crippen LogP contribution in [0, 0.1) is 0 Å². The second kappa shape index (κ2) is 4.41. The molecule has 0 fully saturated rings. The highest BCUT2D eigenvalue weighted by Crippen LogP contribution is 2.12. The monoisotopic (exact) mass is 206 g/mol. The minimum atomic E-state index is -1.14. The van der Waals surface area contributed by atoms with E-state index in [9.17, 15) is 9.59 Å². The number of hydrogen-bond donors (Lipinski definition) is 2. The van der Waals surface area contributed by atoms with Gasteiger partial charge in [0.2, 0.25) is 0 Å². The lowest BCUT2D eigenvalue weighted by atomic mass is 10.1. The maximum absolute atomic E-state index is 10.7. The van der Waals surface area contributed by atoms with Crippen LogP contribution in [0.1, 0.15) is 33.2 Å². The first-order valence-electron chi connectivity index (χ1n) is 4.29. The Morgan fingerprint density at radius 3 is 1.87 bits per heavy atom. The van der Waals surface area contributed by atoms with Gasteiger partial charge in [0.1, 0.15) is 0 Å². The van der Waals surface area contributed by atoms with Crippen molar-refractivity contribution >= 4 is 18.0 Å². The van der Waals surface area contributed by atoms with Gasteiger partial charge < -0.3 is 10.2 Å². The second-order valence-electron chi connectivity index (χ2n) is 2.95. The van der Waals surface area contributed by atoms with E-state index in [-0.39, 0.29) is 11.1 Å². The van der Waals surface area contributed by atoms with E-state index < -0.39 is 11.9 Å². The summed E-state index contributed by atoms with van der Waals surface area (Å²) in [5, 5.41) is 17.5. The third kappa shape index (κ3) is 2.67. The molecule has 0 heterocycles. The fraction of sp³-hybridized carbons (Fsp3) is 0.0909. The van der Waals surface area contributed by atoms with Crippen molar-refractivity contribution in [1.82, 2.24) is 0 Å². The quantitative estimate of drug-likeness (QED) is 0.794. The molecule has 0 amide bonds. The van der Waals surface area contributed by atoms with Crippen molar-refractivity contribution in [2.45, 2.75) is 6.92 Å². The number of carboxylic acids is 2. The van der Waals surface area contributed by atoms with E-state index in [2.05, 4.69) is 0 Å². The Bertz CT molecular complexity index is 400. The molecule has 0 atom stereocenters. The van der Waals surface area contributed by atoms with Crippen LogP contribution in [0.3, 0.4) is 0 Å². The van der Waals surface area contributed by atoms with Gasteiger partial charge in [-0.3, -0.25) is 0 Å². The van der Waals surface area contributed by atoms with Crippen molar-refractivity contribution in [3.05, 3.63) is 41.0 Å². The molecule has 1 aromatic rings. The van der Waals surface area contributed by atoms with Crippen LogP contribution in [-0.2, 0) is 0 Å². The zero-order valence-corrected chi connectivity index (χ0v) is 8.10. The standard InChI is InChI=1S/C11H10O4/c1-2-3-7-4-8(10(12)13)6-9(5-7)11(14)15/h2-6H,1H3,(H,12,13)(H,14,15). The molecule has 0 saturated carbocycles. The first-order valence-corrected chi connectivity index (χ1v) is 4.29. The molecule has 1 rings (SSSR count). The molecule has 0 aromatic heterocycles. The number of allylic oxidation sites excluding steroid dienone is 1. The molecular formula is C11H10O4. The molecule has 78 valence electrons. The molecule has 15 heavy (non-hydrogen) atoms. The molecule has 0 aliphatic heterocycles. The van der Waals surface area contributed by atoms with Crippen LogP contribution in [0.4, 0.5) is 0 Å². The maximum atomic E-state index is 10.7. The lowest BCUT2D eigenvalue weighted by Crippen LogP contribution is -2.02. The number of benzene rings is 1. The van der Waals surface area contributed by atoms with Gasteiger partial charge in [-0.15, -0.1) is 0 Å². The fourth-order valence-corrected chi connectivity index (χ4v) is 1.19. The summed E-state index contributed by atoms with van der Waals surface area (Å²) in [5.41, 5.74) is 0.515. The van der Waals surface area contributed by atoms with Crippen LogP contribution in [0.5, 0.6) is 0 Å². The molecule has 0 saturated heterocycles. The Morgan fingerprint density at radius 1 is 1.07 bits per heavy atom. The molecule has 0 unspecified atom stereocenters. The van der Waals surface area contributed by atoms with Crippen LogP contribution in [0.2, 0.25) is 0 Å². The molecule has 4 nitrogen and oxygen atoms in total. The zero-order valence-electron chi connectivity index (χ0n) is 8.10. The van der Waals surface area contributed by atoms with E-state index >= 15 is 0 Å². The predicted octanol–water partition coefficient (Wildman–Crippen LogP) is 2.12. The number of aromatic carboxylic acids is 2. The molecular weight excluding hydrogens is 196 g/mol. The SMILES string of the molecule is CC=Cc1cc(C(=O)O)cc(C(=O)O)c1. The largest absolute Gasteiger partial charge is 0.478 e. The Kier molecular flexibility index (Phi) is 3.23. The third-order valence-electron chi connectivity index (χ3n) is 1.81. The third-order valence-corrected chi connectivity index (χ3v) is 1.81. The normalized spacial score (nSPS) is 10.5. The van der Waals surface area contributed by atoms with Gasteiger partial charge in [-0.05, 0) is 30.7 Å². The highest BCUT2D eigenvalue weighted by atomic mass is 16.4. The van der Waals surface area contributed by atoms with E-state index in [1.807, 2.05) is 0 Å². The molecule has 1 aromatic carbocycles. The minimum absolute atomic E-state index is 0.0250. The smallest absolute Gasteiger partial charge is 0.335 e. The van der Waals surface area contributed by atoms with E-state index in [0.717, 1.165) is 6.07 Å². The molecule has 0 aliphatic rings. The topological polar surface area (TPSA) is 74.6 Å². The van der Waals surface area contributed by atoms with Gasteiger partial charge in [0.05, 0.1) is 11.1 Å². The molecule has 0 spiro atoms. The fourth-order valence-electron chi connectivity index (χ4n) is 1.19. The number of carboxylic acid groups (broad SMARTS) is 2. The van der Waals surface area contributed by atoms with Crippen molar-refractivity contribution in [1.29, 1.82) is 0 Å². The van der Waals surface area contributed by atoms with Gasteiger partial charge in [0.25, 0.3) is 0 Å². The van der Waals surface area contributed by atoms with Crippen LogP contribution < -0.4 is 0 Å². The Labute approximate surface area is 86.5 Å². The maximum Gasteiger partial charge on any atom is 0.335 e. The first kappa shape index (κ1) is 11.0. The highest BCUT2D eigenvalue weighted by molar-refractivity contribution is 5.94. The summed E-state index contributed by atoms with van der Waals surface area (Å²) in [6, 6.07) is 3.99. The molecule has 0 radical (unpaired) electrons. The predicted molar refractivity (Wildman–Crippen MR) is 55.1 cm³/mol. The molecule has 2 N–H and O–H groups in total. The Hall–Kier alpha value is -2.10. The van der Waals surface area contributed by atoms with Crippen LogP contribution in [0.25, 0.3) is 6.08 Å². The van der Waals surface area contributed by atoms with E-state index in [4.69, 9.17) is 10.2 Å². The lowest BCUT2D eigenvalue weighted by Gasteiger charge is -2.01. The van der Waals surface area contributed by atoms with Crippen molar-refractivity contribution in [2.24, 2.45) is 0 Å². The second-order valence-corrected chi connectivity index (χ2v) is 2.95. The van der Waals surface area contributed by atoms with Gasteiger partial charge in [-0.2, -0.15) is 0 Å². The Morgan fingerprint density at radius 2 is 1.53 bits per heavy atom. The van der Waals surface area contributed by atoms with E-state index in [1.165, 1.54) is 12.1 Å². The zero-order chi connectivity index (χ0) is 11.4. The van der Waals surface area contributed by atoms with Crippen molar-refractivity contribution in [3.8, 4) is 0 Å². The van der Waals surface area contributed by atoms with Gasteiger partial charge in [-0.1, -0.05) is 12.2 Å². The van der Waals surface area contributed by atoms with Crippen molar-refractivity contribution < 1.29 is 19.8 Å². The number of hydrogen-bond acceptors (Lipinski definition) is 2. The summed E-state index contributed by atoms with van der Waals surface area (Å²) in [6.45, 7) is 1.77. The van der Waals surface area contributed by atoms with Crippen LogP contribution >= 0.6 is 0 Å². The van der Waals surface area contributed by atoms with E-state index in [0.29, 0.717) is 5.56 Å². The molecule has 0 aliphatic carbocycles. The summed E-state index contributed by atoms with van der Waals surface area (Å²) in [5.74, 6) is -2.27. The Balaban J connectivity index is 3.32. The van der Waals surface area contributed by atoms with Crippen LogP contribution in [0.15, 0.2) is 24.3 Å². The lowest BCUT2D eigenvalue weighted by molar-refractivity contribution is 0.0696. The van der Waals surface area contributed by atoms with Gasteiger partial charge in [0, 0.05) is 0 Å². The summed E-state index contributed by atoms with van der Waals surface area (Å²) >= 11 is 0. The summed E-state index contributed by atoms with van der Waals surface area (Å²) in [4.78, 5) is 21.4. The average Bonchev–Trinajstić information content (AvgIpc) is 2.17. The van der Waals surface area contributed by atoms with Gasteiger partial charge >= 0.3 is 11.9 Å². The molecule has 4 heteroatoms. The van der Waals surface area contributed by atoms with Crippen molar-refractivity contribution in [3.63, 3.8) is 0 Å². The summed E-state index contributed by atoms with van der Waals surface area (Å²) in [6.07, 6.45) is 3.37. The van der Waals surface area contributed by atoms with Gasteiger partial charge in [0.15, 0.2) is 0 Å². The number of rotatable bonds is 3.